The summed E-state index contributed by atoms with van der Waals surface area (Å²) < 4.78 is 11.5. The van der Waals surface area contributed by atoms with E-state index in [1.165, 1.54) is 6.33 Å². The third-order valence-corrected chi connectivity index (χ3v) is 4.63. The molecule has 0 spiro atoms. The molecule has 2 aromatic heterocycles. The Bertz CT molecular complexity index is 1080. The van der Waals surface area contributed by atoms with Crippen LogP contribution in [0.15, 0.2) is 30.6 Å². The first kappa shape index (κ1) is 22.6. The molecule has 1 aromatic carbocycles. The normalized spacial score (nSPS) is 13.7. The van der Waals surface area contributed by atoms with Gasteiger partial charge >= 0.3 is 0 Å². The fourth-order valence-corrected chi connectivity index (χ4v) is 3.28. The Hall–Kier alpha value is -3.09. The van der Waals surface area contributed by atoms with Gasteiger partial charge in [-0.05, 0) is 49.3 Å². The zero-order chi connectivity index (χ0) is 22.2. The van der Waals surface area contributed by atoms with Crippen molar-refractivity contribution in [2.24, 2.45) is 0 Å². The molecule has 0 radical (unpaired) electrons. The number of pyridine rings is 1. The second-order valence-corrected chi connectivity index (χ2v) is 7.89. The van der Waals surface area contributed by atoms with E-state index in [1.54, 1.807) is 23.9 Å². The number of nitriles is 1. The van der Waals surface area contributed by atoms with Crippen LogP contribution in [0.1, 0.15) is 24.1 Å². The zero-order valence-electron chi connectivity index (χ0n) is 17.9. The molecule has 3 heterocycles. The molecule has 0 atom stereocenters. The van der Waals surface area contributed by atoms with Crippen molar-refractivity contribution >= 4 is 39.9 Å². The molecule has 0 unspecified atom stereocenters. The van der Waals surface area contributed by atoms with Gasteiger partial charge in [0, 0.05) is 23.9 Å². The molecule has 0 bridgehead atoms. The van der Waals surface area contributed by atoms with Crippen LogP contribution in [-0.2, 0) is 4.74 Å². The van der Waals surface area contributed by atoms with Gasteiger partial charge in [0.25, 0.3) is 0 Å². The number of ether oxygens (including phenoxy) is 2. The molecule has 9 heteroatoms. The topological polar surface area (TPSA) is 119 Å². The summed E-state index contributed by atoms with van der Waals surface area (Å²) in [6, 6.07) is 9.18. The van der Waals surface area contributed by atoms with Crippen LogP contribution in [0.25, 0.3) is 10.9 Å². The van der Waals surface area contributed by atoms with Crippen molar-refractivity contribution in [3.63, 3.8) is 0 Å². The van der Waals surface area contributed by atoms with Crippen LogP contribution < -0.4 is 15.8 Å². The largest absolute Gasteiger partial charge is 0.473 e. The van der Waals surface area contributed by atoms with E-state index in [9.17, 15) is 5.26 Å². The number of benzene rings is 1. The third kappa shape index (κ3) is 5.75. The van der Waals surface area contributed by atoms with Gasteiger partial charge in [-0.25, -0.2) is 15.0 Å². The highest BCUT2D eigenvalue weighted by atomic mass is 32.2. The maximum absolute atomic E-state index is 9.21. The van der Waals surface area contributed by atoms with Gasteiger partial charge in [-0.2, -0.15) is 17.0 Å². The summed E-state index contributed by atoms with van der Waals surface area (Å²) in [6.07, 6.45) is 7.14. The molecule has 31 heavy (non-hydrogen) atoms. The Morgan fingerprint density at radius 2 is 1.97 bits per heavy atom. The van der Waals surface area contributed by atoms with Gasteiger partial charge in [0.05, 0.1) is 18.7 Å². The number of nitrogens with one attached hydrogen (secondary N) is 1. The highest BCUT2D eigenvalue weighted by molar-refractivity contribution is 7.97. The van der Waals surface area contributed by atoms with Crippen molar-refractivity contribution in [2.45, 2.75) is 25.9 Å². The fraction of sp³-hybridized carbons (Fsp3) is 0.364. The molecule has 0 saturated carbocycles. The number of hydrogen-bond acceptors (Lipinski definition) is 9. The first-order valence-electron chi connectivity index (χ1n) is 9.89. The van der Waals surface area contributed by atoms with Crippen LogP contribution in [0.4, 0.5) is 17.2 Å². The molecule has 8 nitrogen and oxygen atoms in total. The van der Waals surface area contributed by atoms with Crippen LogP contribution in [0.5, 0.6) is 5.88 Å². The number of fused-ring (bicyclic) bond motifs is 1. The minimum absolute atomic E-state index is 0.000536. The van der Waals surface area contributed by atoms with Gasteiger partial charge in [0.15, 0.2) is 0 Å². The molecule has 1 saturated heterocycles. The molecule has 1 aliphatic heterocycles. The molecular formula is C22H26N6O2S. The number of hydrogen-bond donors (Lipinski definition) is 2. The zero-order valence-corrected chi connectivity index (χ0v) is 18.7. The monoisotopic (exact) mass is 438 g/mol. The summed E-state index contributed by atoms with van der Waals surface area (Å²) in [7, 11) is 0. The smallest absolute Gasteiger partial charge is 0.239 e. The lowest BCUT2D eigenvalue weighted by molar-refractivity contribution is 0.0240. The Morgan fingerprint density at radius 3 is 2.68 bits per heavy atom. The van der Waals surface area contributed by atoms with Gasteiger partial charge in [-0.3, -0.25) is 0 Å². The predicted octanol–water partition coefficient (Wildman–Crippen LogP) is 4.07. The van der Waals surface area contributed by atoms with Crippen LogP contribution in [0, 0.1) is 18.3 Å². The molecule has 1 fully saturated rings. The SMILES string of the molecule is CSC.Cc1cc(N)cc2ncnc(Nc3ccc(C#N)nc3OC3CCOCC3)c12. The minimum Gasteiger partial charge on any atom is -0.473 e. The van der Waals surface area contributed by atoms with E-state index in [1.807, 2.05) is 31.6 Å². The average molecular weight is 439 g/mol. The van der Waals surface area contributed by atoms with Gasteiger partial charge in [-0.1, -0.05) is 0 Å². The van der Waals surface area contributed by atoms with E-state index in [0.717, 1.165) is 29.3 Å². The summed E-state index contributed by atoms with van der Waals surface area (Å²) in [5, 5.41) is 13.4. The Labute approximate surface area is 186 Å². The van der Waals surface area contributed by atoms with E-state index < -0.39 is 0 Å². The maximum atomic E-state index is 9.21. The van der Waals surface area contributed by atoms with E-state index >= 15 is 0 Å². The Balaban J connectivity index is 0.000000858. The number of nitrogens with zero attached hydrogens (tertiary/aromatic N) is 4. The van der Waals surface area contributed by atoms with E-state index in [-0.39, 0.29) is 6.10 Å². The Kier molecular flexibility index (Phi) is 7.87. The van der Waals surface area contributed by atoms with Crippen molar-refractivity contribution < 1.29 is 9.47 Å². The second kappa shape index (κ2) is 10.8. The van der Waals surface area contributed by atoms with Crippen LogP contribution >= 0.6 is 11.8 Å². The second-order valence-electron chi connectivity index (χ2n) is 7.08. The number of nitrogen functional groups attached to an aromatic ring is 1. The number of thioether (sulfide) groups is 1. The standard InChI is InChI=1S/C20H20N6O2.C2H6S/c1-12-8-13(22)9-17-18(12)19(24-11-23-17)26-16-3-2-14(10-21)25-20(16)28-15-4-6-27-7-5-15;1-3-2/h2-3,8-9,11,15H,4-7,22H2,1H3,(H,23,24,26);1-2H3. The average Bonchev–Trinajstić information content (AvgIpc) is 2.76. The number of aromatic nitrogens is 3. The molecule has 1 aliphatic rings. The van der Waals surface area contributed by atoms with E-state index in [2.05, 4.69) is 26.3 Å². The van der Waals surface area contributed by atoms with Crippen molar-refractivity contribution in [1.82, 2.24) is 15.0 Å². The van der Waals surface area contributed by atoms with Gasteiger partial charge in [0.2, 0.25) is 5.88 Å². The molecular weight excluding hydrogens is 412 g/mol. The quantitative estimate of drug-likeness (QED) is 0.581. The van der Waals surface area contributed by atoms with Crippen molar-refractivity contribution in [3.8, 4) is 11.9 Å². The van der Waals surface area contributed by atoms with Gasteiger partial charge in [-0.15, -0.1) is 0 Å². The number of aryl methyl sites for hydroxylation is 1. The first-order chi connectivity index (χ1) is 15.0. The maximum Gasteiger partial charge on any atom is 0.239 e. The third-order valence-electron chi connectivity index (χ3n) is 4.63. The van der Waals surface area contributed by atoms with Gasteiger partial charge < -0.3 is 20.5 Å². The van der Waals surface area contributed by atoms with E-state index in [4.69, 9.17) is 15.2 Å². The van der Waals surface area contributed by atoms with Crippen molar-refractivity contribution in [3.05, 3.63) is 41.9 Å². The molecule has 4 rings (SSSR count). The highest BCUT2D eigenvalue weighted by Gasteiger charge is 2.19. The summed E-state index contributed by atoms with van der Waals surface area (Å²) in [5.41, 5.74) is 9.24. The predicted molar refractivity (Wildman–Crippen MR) is 125 cm³/mol. The van der Waals surface area contributed by atoms with Crippen molar-refractivity contribution in [2.75, 3.05) is 36.8 Å². The molecule has 3 N–H and O–H groups in total. The summed E-state index contributed by atoms with van der Waals surface area (Å²) in [6.45, 7) is 3.27. The number of rotatable bonds is 4. The van der Waals surface area contributed by atoms with Crippen LogP contribution in [0.3, 0.4) is 0 Å². The summed E-state index contributed by atoms with van der Waals surface area (Å²) in [4.78, 5) is 13.1. The van der Waals surface area contributed by atoms with Crippen molar-refractivity contribution in [1.29, 1.82) is 5.26 Å². The highest BCUT2D eigenvalue weighted by Crippen LogP contribution is 2.32. The lowest BCUT2D eigenvalue weighted by atomic mass is 10.1. The minimum atomic E-state index is -0.000536. The number of anilines is 3. The summed E-state index contributed by atoms with van der Waals surface area (Å²) in [5.74, 6) is 1.01. The lowest BCUT2D eigenvalue weighted by Gasteiger charge is -2.24. The number of nitrogens with two attached hydrogens (primary N) is 1. The van der Waals surface area contributed by atoms with E-state index in [0.29, 0.717) is 42.0 Å². The summed E-state index contributed by atoms with van der Waals surface area (Å²) >= 11 is 1.75. The molecule has 162 valence electrons. The van der Waals surface area contributed by atoms with Gasteiger partial charge in [0.1, 0.15) is 35.7 Å². The van der Waals surface area contributed by atoms with Crippen LogP contribution in [-0.4, -0.2) is 46.8 Å². The van der Waals surface area contributed by atoms with Crippen LogP contribution in [0.2, 0.25) is 0 Å². The lowest BCUT2D eigenvalue weighted by Crippen LogP contribution is -2.26. The molecule has 0 aliphatic carbocycles. The fourth-order valence-electron chi connectivity index (χ4n) is 3.28. The molecule has 0 amide bonds. The first-order valence-corrected chi connectivity index (χ1v) is 11.5. The molecule has 3 aromatic rings. The Morgan fingerprint density at radius 1 is 1.23 bits per heavy atom.